The van der Waals surface area contributed by atoms with Crippen LogP contribution in [0.25, 0.3) is 0 Å². The Morgan fingerprint density at radius 2 is 1.67 bits per heavy atom. The standard InChI is InChI=1S/C17H13Cl2IN2O2/c1-17(9-10-2-4-13(20)5-3-10)15(23)22(16(24)21-17)14-7-11(18)6-12(19)8-14/h2-8H,9H2,1H3,(H,21,24)/t17-/m1/s1. The van der Waals surface area contributed by atoms with Crippen LogP contribution in [0.4, 0.5) is 10.5 Å². The molecular weight excluding hydrogens is 462 g/mol. The first kappa shape index (κ1) is 17.5. The molecule has 2 aromatic rings. The summed E-state index contributed by atoms with van der Waals surface area (Å²) in [5, 5.41) is 3.51. The predicted octanol–water partition coefficient (Wildman–Crippen LogP) is 4.66. The Morgan fingerprint density at radius 1 is 1.08 bits per heavy atom. The van der Waals surface area contributed by atoms with Crippen molar-refractivity contribution in [1.29, 1.82) is 0 Å². The van der Waals surface area contributed by atoms with E-state index in [4.69, 9.17) is 23.2 Å². The molecule has 0 bridgehead atoms. The maximum Gasteiger partial charge on any atom is 0.329 e. The number of nitrogens with zero attached hydrogens (tertiary/aromatic N) is 1. The monoisotopic (exact) mass is 474 g/mol. The highest BCUT2D eigenvalue weighted by Crippen LogP contribution is 2.31. The van der Waals surface area contributed by atoms with Crippen LogP contribution in [-0.4, -0.2) is 17.5 Å². The third-order valence-electron chi connectivity index (χ3n) is 3.84. The normalized spacial score (nSPS) is 20.4. The number of hydrogen-bond donors (Lipinski definition) is 1. The highest BCUT2D eigenvalue weighted by molar-refractivity contribution is 14.1. The summed E-state index contributed by atoms with van der Waals surface area (Å²) < 4.78 is 1.11. The molecule has 0 aliphatic carbocycles. The Bertz CT molecular complexity index is 806. The number of rotatable bonds is 3. The zero-order valence-corrected chi connectivity index (χ0v) is 16.3. The van der Waals surface area contributed by atoms with Gasteiger partial charge in [-0.3, -0.25) is 4.79 Å². The third kappa shape index (κ3) is 3.38. The summed E-state index contributed by atoms with van der Waals surface area (Å²) >= 11 is 14.2. The lowest BCUT2D eigenvalue weighted by Gasteiger charge is -2.22. The van der Waals surface area contributed by atoms with Gasteiger partial charge in [-0.15, -0.1) is 0 Å². The molecule has 0 radical (unpaired) electrons. The number of urea groups is 1. The SMILES string of the molecule is C[C@]1(Cc2ccc(I)cc2)NC(=O)N(c2cc(Cl)cc(Cl)c2)C1=O. The number of anilines is 1. The first-order valence-corrected chi connectivity index (χ1v) is 8.99. The van der Waals surface area contributed by atoms with Gasteiger partial charge in [0.05, 0.1) is 5.69 Å². The summed E-state index contributed by atoms with van der Waals surface area (Å²) in [7, 11) is 0. The van der Waals surface area contributed by atoms with Crippen LogP contribution in [0, 0.1) is 3.57 Å². The van der Waals surface area contributed by atoms with E-state index in [1.807, 2.05) is 24.3 Å². The number of imide groups is 1. The lowest BCUT2D eigenvalue weighted by Crippen LogP contribution is -2.46. The lowest BCUT2D eigenvalue weighted by atomic mass is 9.93. The molecule has 1 saturated heterocycles. The van der Waals surface area contributed by atoms with Gasteiger partial charge >= 0.3 is 6.03 Å². The average molecular weight is 475 g/mol. The van der Waals surface area contributed by atoms with Gasteiger partial charge < -0.3 is 5.32 Å². The zero-order chi connectivity index (χ0) is 17.5. The van der Waals surface area contributed by atoms with Gasteiger partial charge in [0.1, 0.15) is 5.54 Å². The van der Waals surface area contributed by atoms with Crippen molar-refractivity contribution in [2.24, 2.45) is 0 Å². The third-order valence-corrected chi connectivity index (χ3v) is 4.99. The van der Waals surface area contributed by atoms with Crippen molar-refractivity contribution in [1.82, 2.24) is 5.32 Å². The molecule has 7 heteroatoms. The summed E-state index contributed by atoms with van der Waals surface area (Å²) in [5.41, 5.74) is 0.317. The topological polar surface area (TPSA) is 49.4 Å². The van der Waals surface area contributed by atoms with Gasteiger partial charge in [-0.25, -0.2) is 9.69 Å². The van der Waals surface area contributed by atoms with Crippen molar-refractivity contribution in [2.75, 3.05) is 4.90 Å². The molecule has 4 nitrogen and oxygen atoms in total. The van der Waals surface area contributed by atoms with Crippen molar-refractivity contribution in [3.05, 3.63) is 61.6 Å². The van der Waals surface area contributed by atoms with Gasteiger partial charge in [0, 0.05) is 20.0 Å². The van der Waals surface area contributed by atoms with Crippen LogP contribution in [0.5, 0.6) is 0 Å². The van der Waals surface area contributed by atoms with Crippen LogP contribution in [-0.2, 0) is 11.2 Å². The Balaban J connectivity index is 1.91. The van der Waals surface area contributed by atoms with E-state index in [0.29, 0.717) is 22.2 Å². The minimum absolute atomic E-state index is 0.329. The van der Waals surface area contributed by atoms with Gasteiger partial charge in [-0.1, -0.05) is 35.3 Å². The summed E-state index contributed by atoms with van der Waals surface area (Å²) in [6.07, 6.45) is 0.402. The molecule has 1 aliphatic rings. The summed E-state index contributed by atoms with van der Waals surface area (Å²) in [6, 6.07) is 12.0. The minimum Gasteiger partial charge on any atom is -0.323 e. The summed E-state index contributed by atoms with van der Waals surface area (Å²) in [6.45, 7) is 1.72. The van der Waals surface area contributed by atoms with E-state index in [1.54, 1.807) is 25.1 Å². The number of nitrogens with one attached hydrogen (secondary N) is 1. The van der Waals surface area contributed by atoms with Crippen molar-refractivity contribution < 1.29 is 9.59 Å². The fraction of sp³-hybridized carbons (Fsp3) is 0.176. The van der Waals surface area contributed by atoms with Gasteiger partial charge in [-0.2, -0.15) is 0 Å². The number of carbonyl (C=O) groups is 2. The van der Waals surface area contributed by atoms with Crippen molar-refractivity contribution >= 4 is 63.4 Å². The summed E-state index contributed by atoms with van der Waals surface area (Å²) in [5.74, 6) is -0.329. The molecular formula is C17H13Cl2IN2O2. The van der Waals surface area contributed by atoms with E-state index in [0.717, 1.165) is 14.0 Å². The Hall–Kier alpha value is -1.31. The van der Waals surface area contributed by atoms with Crippen molar-refractivity contribution in [2.45, 2.75) is 18.9 Å². The van der Waals surface area contributed by atoms with E-state index in [1.165, 1.54) is 0 Å². The van der Waals surface area contributed by atoms with Crippen LogP contribution >= 0.6 is 45.8 Å². The smallest absolute Gasteiger partial charge is 0.323 e. The molecule has 1 aliphatic heterocycles. The van der Waals surface area contributed by atoms with Crippen LogP contribution < -0.4 is 10.2 Å². The molecule has 1 heterocycles. The predicted molar refractivity (Wildman–Crippen MR) is 104 cm³/mol. The van der Waals surface area contributed by atoms with Crippen LogP contribution in [0.15, 0.2) is 42.5 Å². The van der Waals surface area contributed by atoms with Crippen molar-refractivity contribution in [3.8, 4) is 0 Å². The number of carbonyl (C=O) groups excluding carboxylic acids is 2. The summed E-state index contributed by atoms with van der Waals surface area (Å²) in [4.78, 5) is 26.3. The second-order valence-electron chi connectivity index (χ2n) is 5.83. The molecule has 0 saturated carbocycles. The molecule has 3 amide bonds. The Kier molecular flexibility index (Phi) is 4.77. The molecule has 0 aromatic heterocycles. The molecule has 2 aromatic carbocycles. The van der Waals surface area contributed by atoms with Gasteiger partial charge in [-0.05, 0) is 65.4 Å². The molecule has 0 unspecified atom stereocenters. The molecule has 1 fully saturated rings. The van der Waals surface area contributed by atoms with Crippen LogP contribution in [0.3, 0.4) is 0 Å². The van der Waals surface area contributed by atoms with Crippen molar-refractivity contribution in [3.63, 3.8) is 0 Å². The van der Waals surface area contributed by atoms with E-state index in [9.17, 15) is 9.59 Å². The average Bonchev–Trinajstić information content (AvgIpc) is 2.70. The van der Waals surface area contributed by atoms with Crippen LogP contribution in [0.1, 0.15) is 12.5 Å². The number of amides is 3. The van der Waals surface area contributed by atoms with E-state index >= 15 is 0 Å². The van der Waals surface area contributed by atoms with Gasteiger partial charge in [0.2, 0.25) is 0 Å². The second-order valence-corrected chi connectivity index (χ2v) is 7.95. The maximum absolute atomic E-state index is 12.9. The molecule has 24 heavy (non-hydrogen) atoms. The largest absolute Gasteiger partial charge is 0.329 e. The molecule has 1 atom stereocenters. The first-order valence-electron chi connectivity index (χ1n) is 7.16. The van der Waals surface area contributed by atoms with Gasteiger partial charge in [0.15, 0.2) is 0 Å². The fourth-order valence-corrected chi connectivity index (χ4v) is 3.59. The highest BCUT2D eigenvalue weighted by atomic mass is 127. The number of halogens is 3. The molecule has 1 N–H and O–H groups in total. The Labute approximate surface area is 163 Å². The number of benzene rings is 2. The second kappa shape index (κ2) is 6.54. The van der Waals surface area contributed by atoms with E-state index in [2.05, 4.69) is 27.9 Å². The molecule has 3 rings (SSSR count). The van der Waals surface area contributed by atoms with E-state index in [-0.39, 0.29) is 5.91 Å². The van der Waals surface area contributed by atoms with Crippen LogP contribution in [0.2, 0.25) is 10.0 Å². The lowest BCUT2D eigenvalue weighted by molar-refractivity contribution is -0.121. The number of hydrogen-bond acceptors (Lipinski definition) is 2. The molecule has 0 spiro atoms. The first-order chi connectivity index (χ1) is 11.3. The Morgan fingerprint density at radius 3 is 2.25 bits per heavy atom. The van der Waals surface area contributed by atoms with E-state index < -0.39 is 11.6 Å². The fourth-order valence-electron chi connectivity index (χ4n) is 2.72. The maximum atomic E-state index is 12.9. The quantitative estimate of drug-likeness (QED) is 0.519. The zero-order valence-electron chi connectivity index (χ0n) is 12.6. The minimum atomic E-state index is -1.02. The van der Waals surface area contributed by atoms with Gasteiger partial charge in [0.25, 0.3) is 5.91 Å². The molecule has 124 valence electrons. The highest BCUT2D eigenvalue weighted by Gasteiger charge is 2.48.